The highest BCUT2D eigenvalue weighted by atomic mass is 16.5. The molecule has 10 heteroatoms. The number of nitrogens with zero attached hydrogens (tertiary/aromatic N) is 6. The van der Waals surface area contributed by atoms with E-state index in [-0.39, 0.29) is 13.2 Å². The second-order valence-corrected chi connectivity index (χ2v) is 15.8. The average molecular weight is 857 g/mol. The van der Waals surface area contributed by atoms with Crippen LogP contribution in [-0.2, 0) is 22.7 Å². The van der Waals surface area contributed by atoms with Crippen molar-refractivity contribution in [1.82, 2.24) is 24.1 Å². The zero-order chi connectivity index (χ0) is 44.6. The zero-order valence-electron chi connectivity index (χ0n) is 35.2. The summed E-state index contributed by atoms with van der Waals surface area (Å²) >= 11 is 0. The molecule has 0 bridgehead atoms. The van der Waals surface area contributed by atoms with Crippen LogP contribution in [0.5, 0.6) is 0 Å². The van der Waals surface area contributed by atoms with Crippen molar-refractivity contribution in [3.05, 3.63) is 222 Å². The van der Waals surface area contributed by atoms with Crippen LogP contribution < -0.4 is 0 Å². The molecule has 0 saturated carbocycles. The van der Waals surface area contributed by atoms with Crippen LogP contribution in [0.25, 0.3) is 78.0 Å². The predicted molar refractivity (Wildman–Crippen MR) is 255 cm³/mol. The maximum absolute atomic E-state index is 13.5. The van der Waals surface area contributed by atoms with E-state index < -0.39 is 11.9 Å². The van der Waals surface area contributed by atoms with Crippen LogP contribution in [-0.4, -0.2) is 36.0 Å². The Balaban J connectivity index is 1.04. The molecule has 314 valence electrons. The summed E-state index contributed by atoms with van der Waals surface area (Å²) in [4.78, 5) is 42.2. The number of esters is 2. The van der Waals surface area contributed by atoms with E-state index in [1.807, 2.05) is 144 Å². The number of hydrogen-bond acceptors (Lipinski definition) is 8. The Kier molecular flexibility index (Phi) is 10.1. The lowest BCUT2D eigenvalue weighted by Gasteiger charge is -2.13. The number of para-hydroxylation sites is 2. The average Bonchev–Trinajstić information content (AvgIpc) is 3.90. The summed E-state index contributed by atoms with van der Waals surface area (Å²) in [5, 5.41) is 14.4. The molecule has 0 unspecified atom stereocenters. The number of nitriles is 1. The number of ether oxygens (including phenoxy) is 2. The van der Waals surface area contributed by atoms with E-state index in [0.29, 0.717) is 67.3 Å². The molecule has 0 atom stereocenters. The number of hydrogen-bond donors (Lipinski definition) is 0. The molecule has 3 heterocycles. The van der Waals surface area contributed by atoms with Crippen molar-refractivity contribution in [3.63, 3.8) is 0 Å². The number of benzene rings is 8. The smallest absolute Gasteiger partial charge is 0.338 e. The van der Waals surface area contributed by atoms with Crippen molar-refractivity contribution < 1.29 is 19.1 Å². The van der Waals surface area contributed by atoms with E-state index in [9.17, 15) is 14.9 Å². The van der Waals surface area contributed by atoms with Gasteiger partial charge in [0.15, 0.2) is 11.6 Å². The van der Waals surface area contributed by atoms with Gasteiger partial charge >= 0.3 is 11.9 Å². The van der Waals surface area contributed by atoms with Gasteiger partial charge in [-0.15, -0.1) is 0 Å². The molecule has 0 saturated heterocycles. The normalized spacial score (nSPS) is 11.3. The topological polar surface area (TPSA) is 125 Å². The third-order valence-electron chi connectivity index (χ3n) is 11.7. The predicted octanol–water partition coefficient (Wildman–Crippen LogP) is 12.0. The third kappa shape index (κ3) is 7.26. The fourth-order valence-corrected chi connectivity index (χ4v) is 8.56. The minimum absolute atomic E-state index is 0.114. The van der Waals surface area contributed by atoms with Crippen molar-refractivity contribution in [1.29, 1.82) is 5.26 Å². The SMILES string of the molecule is N#Cc1cc(-c2nc(-c3ccccc3)nc(-n3c4ccccc4c4ccccc43)n2)ccc1-n1c2ccc(C(=O)OCc3ccccc3)cc2c2cc(C(=O)OCc3ccccc3)ccc21. The van der Waals surface area contributed by atoms with Crippen molar-refractivity contribution in [2.24, 2.45) is 0 Å². The Hall–Kier alpha value is -9.20. The molecule has 0 radical (unpaired) electrons. The Morgan fingerprint density at radius 3 is 1.45 bits per heavy atom. The first kappa shape index (κ1) is 39.6. The van der Waals surface area contributed by atoms with Crippen LogP contribution in [0.4, 0.5) is 0 Å². The lowest BCUT2D eigenvalue weighted by atomic mass is 10.1. The van der Waals surface area contributed by atoms with Crippen molar-refractivity contribution in [3.8, 4) is 40.5 Å². The number of aromatic nitrogens is 5. The fourth-order valence-electron chi connectivity index (χ4n) is 8.56. The first-order chi connectivity index (χ1) is 32.5. The first-order valence-electron chi connectivity index (χ1n) is 21.4. The van der Waals surface area contributed by atoms with Crippen LogP contribution in [0.3, 0.4) is 0 Å². The second-order valence-electron chi connectivity index (χ2n) is 15.8. The maximum atomic E-state index is 13.5. The molecule has 0 aliphatic rings. The van der Waals surface area contributed by atoms with Gasteiger partial charge < -0.3 is 14.0 Å². The Morgan fingerprint density at radius 2 is 0.924 bits per heavy atom. The first-order valence-corrected chi connectivity index (χ1v) is 21.4. The summed E-state index contributed by atoms with van der Waals surface area (Å²) in [5.41, 5.74) is 8.11. The van der Waals surface area contributed by atoms with E-state index in [1.165, 1.54) is 0 Å². The molecule has 0 N–H and O–H groups in total. The van der Waals surface area contributed by atoms with Gasteiger partial charge in [-0.05, 0) is 77.9 Å². The van der Waals surface area contributed by atoms with Crippen molar-refractivity contribution in [2.75, 3.05) is 0 Å². The molecule has 0 fully saturated rings. The molecular weight excluding hydrogens is 821 g/mol. The highest BCUT2D eigenvalue weighted by molar-refractivity contribution is 6.13. The number of fused-ring (bicyclic) bond motifs is 6. The van der Waals surface area contributed by atoms with Crippen molar-refractivity contribution >= 4 is 55.6 Å². The molecule has 0 aliphatic heterocycles. The van der Waals surface area contributed by atoms with Crippen LogP contribution in [0, 0.1) is 11.3 Å². The van der Waals surface area contributed by atoms with Gasteiger partial charge in [0, 0.05) is 32.7 Å². The summed E-state index contributed by atoms with van der Waals surface area (Å²) in [5.74, 6) is 0.337. The lowest BCUT2D eigenvalue weighted by Crippen LogP contribution is -2.07. The highest BCUT2D eigenvalue weighted by Gasteiger charge is 2.22. The zero-order valence-corrected chi connectivity index (χ0v) is 35.2. The Bertz CT molecular complexity index is 3540. The molecule has 8 aromatic carbocycles. The van der Waals surface area contributed by atoms with Gasteiger partial charge in [-0.3, -0.25) is 4.57 Å². The molecule has 11 rings (SSSR count). The Labute approximate surface area is 378 Å². The van der Waals surface area contributed by atoms with Gasteiger partial charge in [0.2, 0.25) is 5.95 Å². The third-order valence-corrected chi connectivity index (χ3v) is 11.7. The van der Waals surface area contributed by atoms with Crippen LogP contribution in [0.15, 0.2) is 194 Å². The molecule has 66 heavy (non-hydrogen) atoms. The minimum Gasteiger partial charge on any atom is -0.457 e. The molecule has 0 spiro atoms. The lowest BCUT2D eigenvalue weighted by molar-refractivity contribution is 0.0464. The Morgan fingerprint density at radius 1 is 0.455 bits per heavy atom. The largest absolute Gasteiger partial charge is 0.457 e. The molecule has 3 aromatic heterocycles. The molecule has 0 amide bonds. The minimum atomic E-state index is -0.491. The molecule has 11 aromatic rings. The van der Waals surface area contributed by atoms with Gasteiger partial charge in [-0.1, -0.05) is 127 Å². The van der Waals surface area contributed by atoms with E-state index >= 15 is 0 Å². The van der Waals surface area contributed by atoms with Crippen LogP contribution >= 0.6 is 0 Å². The van der Waals surface area contributed by atoms with E-state index in [2.05, 4.69) is 34.9 Å². The van der Waals surface area contributed by atoms with Gasteiger partial charge in [-0.25, -0.2) is 14.6 Å². The second kappa shape index (κ2) is 16.8. The summed E-state index contributed by atoms with van der Waals surface area (Å²) in [7, 11) is 0. The maximum Gasteiger partial charge on any atom is 0.338 e. The number of carbonyl (C=O) groups is 2. The van der Waals surface area contributed by atoms with Crippen LogP contribution in [0.1, 0.15) is 37.4 Å². The quantitative estimate of drug-likeness (QED) is 0.125. The molecule has 0 aliphatic carbocycles. The number of rotatable bonds is 10. The van der Waals surface area contributed by atoms with Gasteiger partial charge in [-0.2, -0.15) is 15.2 Å². The van der Waals surface area contributed by atoms with Gasteiger partial charge in [0.25, 0.3) is 0 Å². The molecular formula is C56H36N6O4. The fraction of sp³-hybridized carbons (Fsp3) is 0.0357. The van der Waals surface area contributed by atoms with Crippen molar-refractivity contribution in [2.45, 2.75) is 13.2 Å². The van der Waals surface area contributed by atoms with Crippen LogP contribution in [0.2, 0.25) is 0 Å². The number of carbonyl (C=O) groups excluding carboxylic acids is 2. The monoisotopic (exact) mass is 856 g/mol. The van der Waals surface area contributed by atoms with Gasteiger partial charge in [0.1, 0.15) is 19.3 Å². The van der Waals surface area contributed by atoms with E-state index in [1.54, 1.807) is 30.3 Å². The van der Waals surface area contributed by atoms with E-state index in [4.69, 9.17) is 24.4 Å². The van der Waals surface area contributed by atoms with Gasteiger partial charge in [0.05, 0.1) is 44.4 Å². The standard InChI is InChI=1S/C56H36N6O4/c57-33-42-30-39(53-58-52(38-18-8-3-9-19-38)59-56(60-53)62-48-22-12-10-20-43(48)44-21-11-13-23-49(44)62)24-27-47(42)61-50-28-25-40(54(63)65-34-36-14-4-1-5-15-36)31-45(50)46-32-41(26-29-51(46)61)55(64)66-35-37-16-6-2-7-17-37/h1-32H,34-35H2. The summed E-state index contributed by atoms with van der Waals surface area (Å²) in [6, 6.07) is 63.8. The summed E-state index contributed by atoms with van der Waals surface area (Å²) in [6.45, 7) is 0.228. The molecule has 10 nitrogen and oxygen atoms in total. The summed E-state index contributed by atoms with van der Waals surface area (Å²) in [6.07, 6.45) is 0. The van der Waals surface area contributed by atoms with E-state index in [0.717, 1.165) is 38.5 Å². The highest BCUT2D eigenvalue weighted by Crippen LogP contribution is 2.37. The summed E-state index contributed by atoms with van der Waals surface area (Å²) < 4.78 is 15.5.